The predicted molar refractivity (Wildman–Crippen MR) is 61.1 cm³/mol. The number of aliphatic carboxylic acids is 1. The molecule has 0 radical (unpaired) electrons. The molecule has 0 fully saturated rings. The second-order valence-corrected chi connectivity index (χ2v) is 3.40. The fraction of sp³-hybridized carbons (Fsp3) is 0.700. The average molecular weight is 262 g/mol. The Morgan fingerprint density at radius 2 is 1.94 bits per heavy atom. The molecule has 0 aromatic heterocycles. The van der Waals surface area contributed by atoms with Gasteiger partial charge in [0.05, 0.1) is 13.5 Å². The summed E-state index contributed by atoms with van der Waals surface area (Å²) in [6, 6.07) is -1.68. The summed E-state index contributed by atoms with van der Waals surface area (Å²) in [5, 5.41) is 13.4. The molecule has 0 aliphatic rings. The van der Waals surface area contributed by atoms with Crippen molar-refractivity contribution in [2.24, 2.45) is 0 Å². The minimum atomic E-state index is -1.14. The number of carboxylic acid groups (broad SMARTS) is 1. The van der Waals surface area contributed by atoms with Crippen molar-refractivity contribution >= 4 is 18.0 Å². The lowest BCUT2D eigenvalue weighted by Crippen LogP contribution is -2.46. The van der Waals surface area contributed by atoms with Crippen molar-refractivity contribution in [3.05, 3.63) is 0 Å². The molecule has 0 aromatic carbocycles. The minimum absolute atomic E-state index is 0.0275. The number of amides is 2. The van der Waals surface area contributed by atoms with E-state index in [-0.39, 0.29) is 26.0 Å². The Morgan fingerprint density at radius 3 is 2.44 bits per heavy atom. The zero-order valence-corrected chi connectivity index (χ0v) is 10.4. The number of methoxy groups -OCH3 is 2. The normalized spacial score (nSPS) is 11.4. The molecular formula is C10H18N2O6. The van der Waals surface area contributed by atoms with Gasteiger partial charge in [-0.1, -0.05) is 0 Å². The van der Waals surface area contributed by atoms with E-state index in [1.807, 2.05) is 0 Å². The smallest absolute Gasteiger partial charge is 0.326 e. The monoisotopic (exact) mass is 262 g/mol. The molecule has 8 nitrogen and oxygen atoms in total. The third kappa shape index (κ3) is 7.44. The van der Waals surface area contributed by atoms with Crippen LogP contribution in [0.25, 0.3) is 0 Å². The molecule has 0 saturated carbocycles. The molecular weight excluding hydrogens is 244 g/mol. The molecule has 0 saturated heterocycles. The lowest BCUT2D eigenvalue weighted by Gasteiger charge is -2.14. The van der Waals surface area contributed by atoms with Crippen LogP contribution >= 0.6 is 0 Å². The maximum atomic E-state index is 11.3. The summed E-state index contributed by atoms with van der Waals surface area (Å²) in [6.07, 6.45) is 0.190. The van der Waals surface area contributed by atoms with Gasteiger partial charge in [-0.15, -0.1) is 0 Å². The first-order valence-electron chi connectivity index (χ1n) is 5.34. The van der Waals surface area contributed by atoms with Crippen molar-refractivity contribution in [1.29, 1.82) is 0 Å². The van der Waals surface area contributed by atoms with Gasteiger partial charge in [0, 0.05) is 26.7 Å². The van der Waals surface area contributed by atoms with Crippen LogP contribution in [-0.4, -0.2) is 56.5 Å². The number of hydrogen-bond donors (Lipinski definition) is 3. The minimum Gasteiger partial charge on any atom is -0.480 e. The molecule has 0 spiro atoms. The Bertz CT molecular complexity index is 294. The number of ether oxygens (including phenoxy) is 2. The number of esters is 1. The van der Waals surface area contributed by atoms with Gasteiger partial charge < -0.3 is 25.2 Å². The lowest BCUT2D eigenvalue weighted by atomic mass is 10.2. The standard InChI is InChI=1S/C10H18N2O6/c1-17-6-4-7(9(14)15)12-10(16)11-5-3-8(13)18-2/h7H,3-6H2,1-2H3,(H,14,15)(H2,11,12,16). The highest BCUT2D eigenvalue weighted by Crippen LogP contribution is 1.93. The Kier molecular flexibility index (Phi) is 8.29. The third-order valence-electron chi connectivity index (χ3n) is 2.06. The molecule has 0 aromatic rings. The van der Waals surface area contributed by atoms with Crippen LogP contribution in [-0.2, 0) is 19.1 Å². The van der Waals surface area contributed by atoms with Crippen molar-refractivity contribution < 1.29 is 29.0 Å². The second kappa shape index (κ2) is 9.23. The number of carbonyl (C=O) groups excluding carboxylic acids is 2. The Hall–Kier alpha value is -1.83. The molecule has 1 atom stereocenters. The van der Waals surface area contributed by atoms with Crippen LogP contribution in [0.3, 0.4) is 0 Å². The summed E-state index contributed by atoms with van der Waals surface area (Å²) in [4.78, 5) is 32.9. The van der Waals surface area contributed by atoms with Crippen LogP contribution in [0.2, 0.25) is 0 Å². The first kappa shape index (κ1) is 16.2. The summed E-state index contributed by atoms with van der Waals surface area (Å²) >= 11 is 0. The molecule has 0 aliphatic heterocycles. The number of rotatable bonds is 8. The molecule has 0 rings (SSSR count). The molecule has 2 amide bonds. The van der Waals surface area contributed by atoms with Crippen molar-refractivity contribution in [1.82, 2.24) is 10.6 Å². The molecule has 0 aliphatic carbocycles. The SMILES string of the molecule is COCCC(NC(=O)NCCC(=O)OC)C(=O)O. The molecule has 104 valence electrons. The van der Waals surface area contributed by atoms with E-state index in [4.69, 9.17) is 9.84 Å². The van der Waals surface area contributed by atoms with E-state index in [0.717, 1.165) is 0 Å². The number of carboxylic acids is 1. The summed E-state index contributed by atoms with van der Waals surface area (Å²) in [6.45, 7) is 0.300. The van der Waals surface area contributed by atoms with Gasteiger partial charge >= 0.3 is 18.0 Å². The second-order valence-electron chi connectivity index (χ2n) is 3.40. The highest BCUT2D eigenvalue weighted by Gasteiger charge is 2.19. The van der Waals surface area contributed by atoms with E-state index in [1.54, 1.807) is 0 Å². The van der Waals surface area contributed by atoms with Gasteiger partial charge in [-0.25, -0.2) is 9.59 Å². The quantitative estimate of drug-likeness (QED) is 0.500. The van der Waals surface area contributed by atoms with E-state index < -0.39 is 24.0 Å². The van der Waals surface area contributed by atoms with Crippen LogP contribution < -0.4 is 10.6 Å². The van der Waals surface area contributed by atoms with Crippen LogP contribution in [0.5, 0.6) is 0 Å². The van der Waals surface area contributed by atoms with Crippen LogP contribution in [0.1, 0.15) is 12.8 Å². The fourth-order valence-electron chi connectivity index (χ4n) is 1.08. The van der Waals surface area contributed by atoms with Crippen LogP contribution in [0, 0.1) is 0 Å². The van der Waals surface area contributed by atoms with Crippen LogP contribution in [0.4, 0.5) is 4.79 Å². The van der Waals surface area contributed by atoms with Gasteiger partial charge in [-0.3, -0.25) is 4.79 Å². The topological polar surface area (TPSA) is 114 Å². The van der Waals surface area contributed by atoms with Gasteiger partial charge in [0.2, 0.25) is 0 Å². The van der Waals surface area contributed by atoms with E-state index in [1.165, 1.54) is 14.2 Å². The maximum Gasteiger partial charge on any atom is 0.326 e. The summed E-state index contributed by atoms with van der Waals surface area (Å²) in [5.74, 6) is -1.60. The summed E-state index contributed by atoms with van der Waals surface area (Å²) < 4.78 is 9.12. The van der Waals surface area contributed by atoms with Gasteiger partial charge in [-0.2, -0.15) is 0 Å². The molecule has 8 heteroatoms. The average Bonchev–Trinajstić information content (AvgIpc) is 2.33. The van der Waals surface area contributed by atoms with Gasteiger partial charge in [0.1, 0.15) is 6.04 Å². The van der Waals surface area contributed by atoms with E-state index >= 15 is 0 Å². The zero-order valence-electron chi connectivity index (χ0n) is 10.4. The molecule has 0 heterocycles. The van der Waals surface area contributed by atoms with Crippen molar-refractivity contribution in [3.63, 3.8) is 0 Å². The molecule has 1 unspecified atom stereocenters. The first-order valence-corrected chi connectivity index (χ1v) is 5.34. The van der Waals surface area contributed by atoms with Crippen molar-refractivity contribution in [2.75, 3.05) is 27.4 Å². The fourth-order valence-corrected chi connectivity index (χ4v) is 1.08. The first-order chi connectivity index (χ1) is 8.51. The third-order valence-corrected chi connectivity index (χ3v) is 2.06. The highest BCUT2D eigenvalue weighted by atomic mass is 16.5. The molecule has 0 bridgehead atoms. The number of carbonyl (C=O) groups is 3. The van der Waals surface area contributed by atoms with Crippen molar-refractivity contribution in [2.45, 2.75) is 18.9 Å². The maximum absolute atomic E-state index is 11.3. The number of urea groups is 1. The number of hydrogen-bond acceptors (Lipinski definition) is 5. The Balaban J connectivity index is 3.94. The van der Waals surface area contributed by atoms with Gasteiger partial charge in [-0.05, 0) is 0 Å². The van der Waals surface area contributed by atoms with E-state index in [9.17, 15) is 14.4 Å². The van der Waals surface area contributed by atoms with Gasteiger partial charge in [0.25, 0.3) is 0 Å². The van der Waals surface area contributed by atoms with Crippen molar-refractivity contribution in [3.8, 4) is 0 Å². The molecule has 18 heavy (non-hydrogen) atoms. The van der Waals surface area contributed by atoms with E-state index in [0.29, 0.717) is 0 Å². The van der Waals surface area contributed by atoms with Gasteiger partial charge in [0.15, 0.2) is 0 Å². The Morgan fingerprint density at radius 1 is 1.28 bits per heavy atom. The van der Waals surface area contributed by atoms with E-state index in [2.05, 4.69) is 15.4 Å². The van der Waals surface area contributed by atoms with Crippen LogP contribution in [0.15, 0.2) is 0 Å². The lowest BCUT2D eigenvalue weighted by molar-refractivity contribution is -0.141. The zero-order chi connectivity index (χ0) is 14.0. The molecule has 3 N–H and O–H groups in total. The Labute approximate surface area is 105 Å². The highest BCUT2D eigenvalue weighted by molar-refractivity contribution is 5.82. The summed E-state index contributed by atoms with van der Waals surface area (Å²) in [7, 11) is 2.68. The largest absolute Gasteiger partial charge is 0.480 e. The number of nitrogens with one attached hydrogen (secondary N) is 2. The summed E-state index contributed by atoms with van der Waals surface area (Å²) in [5.41, 5.74) is 0. The predicted octanol–water partition coefficient (Wildman–Crippen LogP) is -0.662.